The van der Waals surface area contributed by atoms with Crippen LogP contribution in [0, 0.1) is 0 Å². The van der Waals surface area contributed by atoms with E-state index in [0.29, 0.717) is 5.56 Å². The summed E-state index contributed by atoms with van der Waals surface area (Å²) in [5.41, 5.74) is 5.99. The van der Waals surface area contributed by atoms with Crippen molar-refractivity contribution < 1.29 is 8.42 Å². The molecular formula is C13H19N3O2S2. The highest BCUT2D eigenvalue weighted by molar-refractivity contribution is 7.89. The summed E-state index contributed by atoms with van der Waals surface area (Å²) in [7, 11) is -1.55. The lowest BCUT2D eigenvalue weighted by Gasteiger charge is -2.29. The van der Waals surface area contributed by atoms with Crippen LogP contribution in [0.15, 0.2) is 29.2 Å². The molecule has 0 amide bonds. The minimum atomic E-state index is -3.59. The van der Waals surface area contributed by atoms with Gasteiger partial charge in [0.05, 0.1) is 4.90 Å². The molecule has 7 heteroatoms. The Bertz CT molecular complexity index is 593. The van der Waals surface area contributed by atoms with Gasteiger partial charge >= 0.3 is 0 Å². The number of likely N-dealkylation sites (tertiary alicyclic amines) is 1. The number of hydrogen-bond acceptors (Lipinski definition) is 4. The van der Waals surface area contributed by atoms with Crippen molar-refractivity contribution >= 4 is 27.2 Å². The molecule has 0 unspecified atom stereocenters. The Morgan fingerprint density at radius 1 is 1.35 bits per heavy atom. The van der Waals surface area contributed by atoms with Crippen LogP contribution in [0.2, 0.25) is 0 Å². The van der Waals surface area contributed by atoms with Gasteiger partial charge in [0, 0.05) is 11.6 Å². The second-order valence-corrected chi connectivity index (χ2v) is 7.18. The zero-order valence-corrected chi connectivity index (χ0v) is 13.0. The van der Waals surface area contributed by atoms with Gasteiger partial charge in [-0.05, 0) is 39.0 Å². The molecule has 0 atom stereocenters. The van der Waals surface area contributed by atoms with Gasteiger partial charge in [-0.15, -0.1) is 0 Å². The topological polar surface area (TPSA) is 75.4 Å². The molecule has 1 aliphatic rings. The number of nitrogens with zero attached hydrogens (tertiary/aromatic N) is 1. The Morgan fingerprint density at radius 2 is 1.95 bits per heavy atom. The number of nitrogens with one attached hydrogen (secondary N) is 1. The third kappa shape index (κ3) is 3.54. The molecule has 0 aromatic heterocycles. The van der Waals surface area contributed by atoms with Crippen molar-refractivity contribution in [3.05, 3.63) is 29.8 Å². The fourth-order valence-electron chi connectivity index (χ4n) is 2.31. The Morgan fingerprint density at radius 3 is 2.55 bits per heavy atom. The summed E-state index contributed by atoms with van der Waals surface area (Å²) in [5, 5.41) is 0. The molecule has 1 aromatic carbocycles. The highest BCUT2D eigenvalue weighted by atomic mass is 32.2. The van der Waals surface area contributed by atoms with E-state index in [1.165, 1.54) is 6.07 Å². The fraction of sp³-hybridized carbons (Fsp3) is 0.462. The minimum absolute atomic E-state index is 0.0318. The van der Waals surface area contributed by atoms with Gasteiger partial charge in [0.25, 0.3) is 0 Å². The van der Waals surface area contributed by atoms with E-state index in [2.05, 4.69) is 9.62 Å². The summed E-state index contributed by atoms with van der Waals surface area (Å²) in [6, 6.07) is 6.53. The standard InChI is InChI=1S/C13H19N3O2S2/c1-16-8-6-10(7-9-16)15-20(17,18)12-5-3-2-4-11(12)13(14)19/h2-5,10,15H,6-9H2,1H3,(H2,14,19). The first-order valence-corrected chi connectivity index (χ1v) is 8.39. The molecule has 1 aromatic rings. The van der Waals surface area contributed by atoms with Crippen molar-refractivity contribution in [2.24, 2.45) is 5.73 Å². The van der Waals surface area contributed by atoms with E-state index < -0.39 is 10.0 Å². The molecule has 1 fully saturated rings. The molecule has 1 saturated heterocycles. The van der Waals surface area contributed by atoms with Crippen LogP contribution in [-0.2, 0) is 10.0 Å². The van der Waals surface area contributed by atoms with Gasteiger partial charge in [-0.2, -0.15) is 0 Å². The van der Waals surface area contributed by atoms with Crippen molar-refractivity contribution in [3.8, 4) is 0 Å². The Balaban J connectivity index is 2.21. The number of piperidine rings is 1. The number of hydrogen-bond donors (Lipinski definition) is 2. The van der Waals surface area contributed by atoms with Crippen LogP contribution in [0.1, 0.15) is 18.4 Å². The van der Waals surface area contributed by atoms with Crippen LogP contribution in [0.5, 0.6) is 0 Å². The first-order chi connectivity index (χ1) is 9.40. The van der Waals surface area contributed by atoms with E-state index in [1.807, 2.05) is 7.05 Å². The summed E-state index contributed by atoms with van der Waals surface area (Å²) in [4.78, 5) is 2.44. The number of nitrogens with two attached hydrogens (primary N) is 1. The number of rotatable bonds is 4. The number of sulfonamides is 1. The lowest BCUT2D eigenvalue weighted by atomic mass is 10.1. The molecular weight excluding hydrogens is 294 g/mol. The largest absolute Gasteiger partial charge is 0.389 e. The van der Waals surface area contributed by atoms with E-state index in [9.17, 15) is 8.42 Å². The summed E-state index contributed by atoms with van der Waals surface area (Å²) >= 11 is 4.92. The molecule has 0 spiro atoms. The van der Waals surface area contributed by atoms with Crippen molar-refractivity contribution in [1.29, 1.82) is 0 Å². The van der Waals surface area contributed by atoms with Crippen molar-refractivity contribution in [1.82, 2.24) is 9.62 Å². The SMILES string of the molecule is CN1CCC(NS(=O)(=O)c2ccccc2C(N)=S)CC1. The smallest absolute Gasteiger partial charge is 0.241 e. The first-order valence-electron chi connectivity index (χ1n) is 6.50. The van der Waals surface area contributed by atoms with Crippen LogP contribution < -0.4 is 10.5 Å². The van der Waals surface area contributed by atoms with Crippen LogP contribution in [0.4, 0.5) is 0 Å². The average Bonchev–Trinajstić information content (AvgIpc) is 2.41. The number of benzene rings is 1. The Hall–Kier alpha value is -1.02. The zero-order valence-electron chi connectivity index (χ0n) is 11.4. The van der Waals surface area contributed by atoms with Crippen LogP contribution >= 0.6 is 12.2 Å². The highest BCUT2D eigenvalue weighted by Gasteiger charge is 2.25. The first kappa shape index (κ1) is 15.4. The van der Waals surface area contributed by atoms with Crippen molar-refractivity contribution in [3.63, 3.8) is 0 Å². The molecule has 110 valence electrons. The second kappa shape index (κ2) is 6.17. The minimum Gasteiger partial charge on any atom is -0.389 e. The maximum atomic E-state index is 12.5. The molecule has 1 aliphatic heterocycles. The maximum Gasteiger partial charge on any atom is 0.241 e. The van der Waals surface area contributed by atoms with Gasteiger partial charge in [0.1, 0.15) is 4.99 Å². The van der Waals surface area contributed by atoms with Gasteiger partial charge < -0.3 is 10.6 Å². The highest BCUT2D eigenvalue weighted by Crippen LogP contribution is 2.18. The molecule has 1 heterocycles. The van der Waals surface area contributed by atoms with Crippen molar-refractivity contribution in [2.45, 2.75) is 23.8 Å². The van der Waals surface area contributed by atoms with Crippen LogP contribution in [0.25, 0.3) is 0 Å². The van der Waals surface area contributed by atoms with Gasteiger partial charge in [-0.3, -0.25) is 0 Å². The zero-order chi connectivity index (χ0) is 14.8. The number of thiocarbonyl (C=S) groups is 1. The Kier molecular flexibility index (Phi) is 4.74. The molecule has 0 radical (unpaired) electrons. The molecule has 2 rings (SSSR count). The Labute approximate surface area is 125 Å². The van der Waals surface area contributed by atoms with E-state index in [-0.39, 0.29) is 15.9 Å². The monoisotopic (exact) mass is 313 g/mol. The quantitative estimate of drug-likeness (QED) is 0.800. The summed E-state index contributed by atoms with van der Waals surface area (Å²) in [5.74, 6) is 0. The van der Waals surface area contributed by atoms with Gasteiger partial charge in [0.2, 0.25) is 10.0 Å². The van der Waals surface area contributed by atoms with E-state index in [0.717, 1.165) is 25.9 Å². The fourth-order valence-corrected chi connectivity index (χ4v) is 4.08. The van der Waals surface area contributed by atoms with Crippen molar-refractivity contribution in [2.75, 3.05) is 20.1 Å². The third-order valence-electron chi connectivity index (χ3n) is 3.48. The van der Waals surface area contributed by atoms with Gasteiger partial charge in [-0.25, -0.2) is 13.1 Å². The maximum absolute atomic E-state index is 12.5. The second-order valence-electron chi connectivity index (χ2n) is 5.06. The molecule has 0 bridgehead atoms. The molecule has 0 aliphatic carbocycles. The molecule has 5 nitrogen and oxygen atoms in total. The van der Waals surface area contributed by atoms with Crippen LogP contribution in [0.3, 0.4) is 0 Å². The average molecular weight is 313 g/mol. The molecule has 0 saturated carbocycles. The summed E-state index contributed by atoms with van der Waals surface area (Å²) < 4.78 is 27.7. The van der Waals surface area contributed by atoms with Crippen LogP contribution in [-0.4, -0.2) is 44.5 Å². The van der Waals surface area contributed by atoms with E-state index in [1.54, 1.807) is 18.2 Å². The predicted octanol–water partition coefficient (Wildman–Crippen LogP) is 0.693. The summed E-state index contributed by atoms with van der Waals surface area (Å²) in [6.07, 6.45) is 1.62. The van der Waals surface area contributed by atoms with Gasteiger partial charge in [-0.1, -0.05) is 30.4 Å². The normalized spacial score (nSPS) is 18.1. The van der Waals surface area contributed by atoms with E-state index >= 15 is 0 Å². The molecule has 3 N–H and O–H groups in total. The van der Waals surface area contributed by atoms with E-state index in [4.69, 9.17) is 18.0 Å². The van der Waals surface area contributed by atoms with Gasteiger partial charge in [0.15, 0.2) is 0 Å². The lowest BCUT2D eigenvalue weighted by molar-refractivity contribution is 0.248. The molecule has 20 heavy (non-hydrogen) atoms. The predicted molar refractivity (Wildman–Crippen MR) is 83.2 cm³/mol. The third-order valence-corrected chi connectivity index (χ3v) is 5.28. The lowest BCUT2D eigenvalue weighted by Crippen LogP contribution is -2.43. The summed E-state index contributed by atoms with van der Waals surface area (Å²) in [6.45, 7) is 1.79.